The van der Waals surface area contributed by atoms with Crippen molar-refractivity contribution in [1.29, 1.82) is 0 Å². The highest BCUT2D eigenvalue weighted by Gasteiger charge is 2.14. The number of rotatable bonds is 2. The van der Waals surface area contributed by atoms with Crippen LogP contribution in [0.3, 0.4) is 0 Å². The summed E-state index contributed by atoms with van der Waals surface area (Å²) in [7, 11) is -4.12. The molecule has 0 bridgehead atoms. The molecule has 0 fully saturated rings. The molecule has 5 nitrogen and oxygen atoms in total. The zero-order valence-electron chi connectivity index (χ0n) is 6.75. The van der Waals surface area contributed by atoms with E-state index in [-0.39, 0.29) is 4.21 Å². The van der Waals surface area contributed by atoms with Crippen molar-refractivity contribution < 1.29 is 17.5 Å². The van der Waals surface area contributed by atoms with Crippen LogP contribution in [0.15, 0.2) is 33.1 Å². The summed E-state index contributed by atoms with van der Waals surface area (Å²) < 4.78 is 34.9. The van der Waals surface area contributed by atoms with Gasteiger partial charge in [0.25, 0.3) is 0 Å². The van der Waals surface area contributed by atoms with Gasteiger partial charge in [0.15, 0.2) is 5.76 Å². The third kappa shape index (κ3) is 1.69. The molecule has 0 unspecified atom stereocenters. The Labute approximate surface area is 83.7 Å². The van der Waals surface area contributed by atoms with Gasteiger partial charge in [-0.05, 0) is 12.1 Å². The first-order chi connectivity index (χ1) is 6.57. The molecule has 0 spiro atoms. The van der Waals surface area contributed by atoms with E-state index in [2.05, 4.69) is 5.16 Å². The van der Waals surface area contributed by atoms with Crippen molar-refractivity contribution in [2.75, 3.05) is 0 Å². The molecule has 0 saturated heterocycles. The Hall–Kier alpha value is -1.18. The average Bonchev–Trinajstić information content (AvgIpc) is 2.73. The lowest BCUT2D eigenvalue weighted by Gasteiger charge is -1.87. The quantitative estimate of drug-likeness (QED) is 0.795. The second kappa shape index (κ2) is 3.19. The zero-order chi connectivity index (χ0) is 10.2. The van der Waals surface area contributed by atoms with E-state index in [1.54, 1.807) is 12.1 Å². The number of aromatic nitrogens is 1. The molecule has 2 aromatic rings. The molecule has 0 saturated carbocycles. The minimum atomic E-state index is -4.12. The Morgan fingerprint density at radius 2 is 2.14 bits per heavy atom. The van der Waals surface area contributed by atoms with Crippen LogP contribution in [-0.2, 0) is 10.1 Å². The third-order valence-corrected chi connectivity index (χ3v) is 3.94. The maximum atomic E-state index is 10.7. The zero-order valence-corrected chi connectivity index (χ0v) is 8.38. The van der Waals surface area contributed by atoms with Crippen LogP contribution in [0.25, 0.3) is 10.6 Å². The van der Waals surface area contributed by atoms with Crippen molar-refractivity contribution in [3.63, 3.8) is 0 Å². The lowest BCUT2D eigenvalue weighted by molar-refractivity contribution is 0.433. The molecule has 74 valence electrons. The van der Waals surface area contributed by atoms with Crippen molar-refractivity contribution in [2.24, 2.45) is 0 Å². The molecular formula is C7H5NO4S2. The average molecular weight is 231 g/mol. The Morgan fingerprint density at radius 3 is 2.64 bits per heavy atom. The van der Waals surface area contributed by atoms with Crippen LogP contribution >= 0.6 is 11.3 Å². The van der Waals surface area contributed by atoms with Crippen LogP contribution in [0.5, 0.6) is 0 Å². The van der Waals surface area contributed by atoms with E-state index in [9.17, 15) is 8.42 Å². The summed E-state index contributed by atoms with van der Waals surface area (Å²) >= 11 is 0.926. The van der Waals surface area contributed by atoms with Gasteiger partial charge in [-0.15, -0.1) is 11.3 Å². The molecule has 2 rings (SSSR count). The molecule has 0 radical (unpaired) electrons. The smallest absolute Gasteiger partial charge is 0.304 e. The van der Waals surface area contributed by atoms with Gasteiger partial charge in [-0.2, -0.15) is 8.42 Å². The first-order valence-corrected chi connectivity index (χ1v) is 5.81. The fourth-order valence-corrected chi connectivity index (χ4v) is 2.56. The second-order valence-corrected chi connectivity index (χ2v) is 5.20. The number of thiophene rings is 1. The first-order valence-electron chi connectivity index (χ1n) is 3.56. The standard InChI is InChI=1S/C7H5NO4S2/c9-14(10,11)7-2-1-6(13-7)5-3-4-8-12-5/h1-4H,(H,9,10,11). The Bertz CT molecular complexity index is 526. The maximum absolute atomic E-state index is 10.7. The van der Waals surface area contributed by atoms with Gasteiger partial charge < -0.3 is 4.52 Å². The highest BCUT2D eigenvalue weighted by molar-refractivity contribution is 7.88. The third-order valence-electron chi connectivity index (χ3n) is 1.52. The maximum Gasteiger partial charge on any atom is 0.304 e. The lowest BCUT2D eigenvalue weighted by Crippen LogP contribution is -1.92. The molecule has 0 aliphatic carbocycles. The minimum Gasteiger partial charge on any atom is -0.355 e. The van der Waals surface area contributed by atoms with E-state index in [1.807, 2.05) is 0 Å². The largest absolute Gasteiger partial charge is 0.355 e. The Morgan fingerprint density at radius 1 is 1.36 bits per heavy atom. The molecule has 0 atom stereocenters. The van der Waals surface area contributed by atoms with Gasteiger partial charge in [-0.3, -0.25) is 4.55 Å². The van der Waals surface area contributed by atoms with Crippen molar-refractivity contribution in [3.8, 4) is 10.6 Å². The highest BCUT2D eigenvalue weighted by Crippen LogP contribution is 2.29. The second-order valence-electron chi connectivity index (χ2n) is 2.47. The van der Waals surface area contributed by atoms with Gasteiger partial charge in [0.2, 0.25) is 0 Å². The molecule has 0 aliphatic rings. The van der Waals surface area contributed by atoms with Crippen LogP contribution < -0.4 is 0 Å². The van der Waals surface area contributed by atoms with Crippen LogP contribution in [0.4, 0.5) is 0 Å². The van der Waals surface area contributed by atoms with Gasteiger partial charge in [0.1, 0.15) is 4.21 Å². The SMILES string of the molecule is O=S(=O)(O)c1ccc(-c2ccno2)s1. The van der Waals surface area contributed by atoms with Gasteiger partial charge in [0.05, 0.1) is 11.1 Å². The monoisotopic (exact) mass is 231 g/mol. The number of hydrogen-bond donors (Lipinski definition) is 1. The van der Waals surface area contributed by atoms with Gasteiger partial charge in [-0.1, -0.05) is 5.16 Å². The molecule has 0 aromatic carbocycles. The van der Waals surface area contributed by atoms with Crippen LogP contribution in [0, 0.1) is 0 Å². The summed E-state index contributed by atoms with van der Waals surface area (Å²) in [5.74, 6) is 0.477. The molecule has 0 aliphatic heterocycles. The van der Waals surface area contributed by atoms with E-state index in [1.165, 1.54) is 12.3 Å². The van der Waals surface area contributed by atoms with E-state index in [0.717, 1.165) is 11.3 Å². The molecule has 7 heteroatoms. The van der Waals surface area contributed by atoms with E-state index in [4.69, 9.17) is 9.08 Å². The normalized spacial score (nSPS) is 11.8. The van der Waals surface area contributed by atoms with Gasteiger partial charge in [-0.25, -0.2) is 0 Å². The summed E-state index contributed by atoms with van der Waals surface area (Å²) in [6, 6.07) is 4.48. The molecule has 2 aromatic heterocycles. The van der Waals surface area contributed by atoms with Crippen LogP contribution in [-0.4, -0.2) is 18.1 Å². The summed E-state index contributed by atoms with van der Waals surface area (Å²) in [4.78, 5) is 0.607. The van der Waals surface area contributed by atoms with Gasteiger partial charge >= 0.3 is 10.1 Å². The van der Waals surface area contributed by atoms with Crippen LogP contribution in [0.2, 0.25) is 0 Å². The predicted molar refractivity (Wildman–Crippen MR) is 49.6 cm³/mol. The van der Waals surface area contributed by atoms with E-state index in [0.29, 0.717) is 10.6 Å². The van der Waals surface area contributed by atoms with E-state index >= 15 is 0 Å². The van der Waals surface area contributed by atoms with Crippen molar-refractivity contribution in [2.45, 2.75) is 4.21 Å². The Balaban J connectivity index is 2.46. The van der Waals surface area contributed by atoms with Crippen molar-refractivity contribution in [3.05, 3.63) is 24.4 Å². The summed E-state index contributed by atoms with van der Waals surface area (Å²) in [5.41, 5.74) is 0. The summed E-state index contributed by atoms with van der Waals surface area (Å²) in [5, 5.41) is 3.49. The molecule has 14 heavy (non-hydrogen) atoms. The first kappa shape index (κ1) is 9.38. The number of nitrogens with zero attached hydrogens (tertiary/aromatic N) is 1. The lowest BCUT2D eigenvalue weighted by atomic mass is 10.4. The Kier molecular flexibility index (Phi) is 2.14. The minimum absolute atomic E-state index is 0.107. The molecule has 1 N–H and O–H groups in total. The molecular weight excluding hydrogens is 226 g/mol. The fourth-order valence-electron chi connectivity index (χ4n) is 0.934. The van der Waals surface area contributed by atoms with Crippen molar-refractivity contribution >= 4 is 21.5 Å². The predicted octanol–water partition coefficient (Wildman–Crippen LogP) is 1.65. The fraction of sp³-hybridized carbons (Fsp3) is 0. The van der Waals surface area contributed by atoms with Gasteiger partial charge in [0, 0.05) is 6.07 Å². The highest BCUT2D eigenvalue weighted by atomic mass is 32.3. The van der Waals surface area contributed by atoms with Crippen LogP contribution in [0.1, 0.15) is 0 Å². The summed E-state index contributed by atoms with van der Waals surface area (Å²) in [6.45, 7) is 0. The number of hydrogen-bond acceptors (Lipinski definition) is 5. The molecule has 2 heterocycles. The molecule has 0 amide bonds. The van der Waals surface area contributed by atoms with Crippen molar-refractivity contribution in [1.82, 2.24) is 5.16 Å². The topological polar surface area (TPSA) is 80.4 Å². The summed E-state index contributed by atoms with van der Waals surface area (Å²) in [6.07, 6.45) is 1.46. The van der Waals surface area contributed by atoms with E-state index < -0.39 is 10.1 Å².